The van der Waals surface area contributed by atoms with Gasteiger partial charge in [-0.25, -0.2) is 0 Å². The van der Waals surface area contributed by atoms with Crippen molar-refractivity contribution < 1.29 is 19.3 Å². The smallest absolute Gasteiger partial charge is 0.231 e. The molecular formula is C19H18O4. The standard InChI is InChI=1S/C19H18O4/c1-3-4-14-9-15(19(20)18(11-14)21-2)7-5-13-6-8-16-17(10-13)23-12-22-16/h3,5-11,20H,1,4,12H2,2H3/b7-5+. The summed E-state index contributed by atoms with van der Waals surface area (Å²) in [5.41, 5.74) is 2.68. The Labute approximate surface area is 135 Å². The van der Waals surface area contributed by atoms with E-state index in [2.05, 4.69) is 6.58 Å². The average molecular weight is 310 g/mol. The van der Waals surface area contributed by atoms with E-state index >= 15 is 0 Å². The lowest BCUT2D eigenvalue weighted by atomic mass is 10.0. The van der Waals surface area contributed by atoms with Gasteiger partial charge in [0, 0.05) is 5.56 Å². The van der Waals surface area contributed by atoms with Crippen LogP contribution in [0.2, 0.25) is 0 Å². The van der Waals surface area contributed by atoms with Gasteiger partial charge in [0.05, 0.1) is 7.11 Å². The second-order valence-corrected chi connectivity index (χ2v) is 5.17. The van der Waals surface area contributed by atoms with Gasteiger partial charge in [-0.15, -0.1) is 6.58 Å². The number of methoxy groups -OCH3 is 1. The summed E-state index contributed by atoms with van der Waals surface area (Å²) in [6, 6.07) is 9.45. The van der Waals surface area contributed by atoms with Crippen LogP contribution in [0.5, 0.6) is 23.0 Å². The molecule has 3 rings (SSSR count). The Bertz CT molecular complexity index is 762. The van der Waals surface area contributed by atoms with Gasteiger partial charge in [0.1, 0.15) is 0 Å². The molecule has 1 aliphatic heterocycles. The maximum Gasteiger partial charge on any atom is 0.231 e. The van der Waals surface area contributed by atoms with Gasteiger partial charge in [-0.2, -0.15) is 0 Å². The molecular weight excluding hydrogens is 292 g/mol. The summed E-state index contributed by atoms with van der Waals surface area (Å²) in [5, 5.41) is 10.3. The first-order chi connectivity index (χ1) is 11.2. The first-order valence-electron chi connectivity index (χ1n) is 7.30. The zero-order valence-electron chi connectivity index (χ0n) is 12.9. The third-order valence-corrected chi connectivity index (χ3v) is 3.62. The predicted octanol–water partition coefficient (Wildman–Crippen LogP) is 4.03. The Balaban J connectivity index is 1.92. The van der Waals surface area contributed by atoms with Crippen molar-refractivity contribution in [1.29, 1.82) is 0 Å². The molecule has 2 aromatic rings. The van der Waals surface area contributed by atoms with Crippen LogP contribution in [0.1, 0.15) is 16.7 Å². The number of aromatic hydroxyl groups is 1. The number of phenolic OH excluding ortho intramolecular Hbond substituents is 1. The van der Waals surface area contributed by atoms with Crippen LogP contribution in [-0.4, -0.2) is 19.0 Å². The second kappa shape index (κ2) is 6.48. The van der Waals surface area contributed by atoms with Crippen LogP contribution >= 0.6 is 0 Å². The average Bonchev–Trinajstić information content (AvgIpc) is 3.03. The van der Waals surface area contributed by atoms with Crippen LogP contribution in [0.15, 0.2) is 43.0 Å². The zero-order chi connectivity index (χ0) is 16.2. The number of fused-ring (bicyclic) bond motifs is 1. The van der Waals surface area contributed by atoms with E-state index in [0.29, 0.717) is 17.7 Å². The molecule has 0 fully saturated rings. The summed E-state index contributed by atoms with van der Waals surface area (Å²) in [7, 11) is 1.54. The minimum Gasteiger partial charge on any atom is -0.504 e. The Hall–Kier alpha value is -2.88. The lowest BCUT2D eigenvalue weighted by molar-refractivity contribution is 0.174. The molecule has 0 atom stereocenters. The molecule has 118 valence electrons. The molecule has 0 spiro atoms. The van der Waals surface area contributed by atoms with E-state index in [-0.39, 0.29) is 12.5 Å². The summed E-state index contributed by atoms with van der Waals surface area (Å²) in [6.07, 6.45) is 6.29. The van der Waals surface area contributed by atoms with Gasteiger partial charge in [0.25, 0.3) is 0 Å². The van der Waals surface area contributed by atoms with E-state index in [1.54, 1.807) is 0 Å². The van der Waals surface area contributed by atoms with Crippen LogP contribution < -0.4 is 14.2 Å². The van der Waals surface area contributed by atoms with Crippen LogP contribution in [0.4, 0.5) is 0 Å². The van der Waals surface area contributed by atoms with E-state index in [9.17, 15) is 5.11 Å². The normalized spacial score (nSPS) is 12.6. The molecule has 23 heavy (non-hydrogen) atoms. The third kappa shape index (κ3) is 3.16. The van der Waals surface area contributed by atoms with Gasteiger partial charge in [0.2, 0.25) is 6.79 Å². The number of phenols is 1. The summed E-state index contributed by atoms with van der Waals surface area (Å²) in [6.45, 7) is 4.00. The van der Waals surface area contributed by atoms with Crippen LogP contribution in [0.25, 0.3) is 12.2 Å². The fraction of sp³-hybridized carbons (Fsp3) is 0.158. The highest BCUT2D eigenvalue weighted by Gasteiger charge is 2.12. The van der Waals surface area contributed by atoms with E-state index < -0.39 is 0 Å². The number of ether oxygens (including phenoxy) is 3. The van der Waals surface area contributed by atoms with Gasteiger partial charge in [-0.3, -0.25) is 0 Å². The Kier molecular flexibility index (Phi) is 4.24. The monoisotopic (exact) mass is 310 g/mol. The molecule has 1 heterocycles. The van der Waals surface area contributed by atoms with Crippen molar-refractivity contribution >= 4 is 12.2 Å². The third-order valence-electron chi connectivity index (χ3n) is 3.62. The molecule has 0 amide bonds. The molecule has 0 aliphatic carbocycles. The van der Waals surface area contributed by atoms with Crippen molar-refractivity contribution in [2.75, 3.05) is 13.9 Å². The second-order valence-electron chi connectivity index (χ2n) is 5.17. The summed E-state index contributed by atoms with van der Waals surface area (Å²) < 4.78 is 15.9. The molecule has 1 N–H and O–H groups in total. The van der Waals surface area contributed by atoms with Crippen molar-refractivity contribution in [3.8, 4) is 23.0 Å². The van der Waals surface area contributed by atoms with E-state index in [0.717, 1.165) is 22.6 Å². The predicted molar refractivity (Wildman–Crippen MR) is 90.1 cm³/mol. The van der Waals surface area contributed by atoms with E-state index in [1.165, 1.54) is 7.11 Å². The zero-order valence-corrected chi connectivity index (χ0v) is 12.9. The first-order valence-corrected chi connectivity index (χ1v) is 7.30. The van der Waals surface area contributed by atoms with Crippen molar-refractivity contribution in [2.24, 2.45) is 0 Å². The Morgan fingerprint density at radius 3 is 2.78 bits per heavy atom. The molecule has 0 radical (unpaired) electrons. The molecule has 0 bridgehead atoms. The van der Waals surface area contributed by atoms with Crippen molar-refractivity contribution in [1.82, 2.24) is 0 Å². The van der Waals surface area contributed by atoms with Gasteiger partial charge in [0.15, 0.2) is 23.0 Å². The Morgan fingerprint density at radius 1 is 1.17 bits per heavy atom. The van der Waals surface area contributed by atoms with Crippen LogP contribution in [-0.2, 0) is 6.42 Å². The maximum atomic E-state index is 10.3. The van der Waals surface area contributed by atoms with Gasteiger partial charge >= 0.3 is 0 Å². The Morgan fingerprint density at radius 2 is 2.00 bits per heavy atom. The summed E-state index contributed by atoms with van der Waals surface area (Å²) in [4.78, 5) is 0. The fourth-order valence-corrected chi connectivity index (χ4v) is 2.46. The van der Waals surface area contributed by atoms with Crippen LogP contribution in [0.3, 0.4) is 0 Å². The molecule has 0 aromatic heterocycles. The van der Waals surface area contributed by atoms with E-state index in [1.807, 2.05) is 48.6 Å². The molecule has 1 aliphatic rings. The molecule has 4 nitrogen and oxygen atoms in total. The van der Waals surface area contributed by atoms with Crippen LogP contribution in [0, 0.1) is 0 Å². The molecule has 0 unspecified atom stereocenters. The number of allylic oxidation sites excluding steroid dienone is 1. The lowest BCUT2D eigenvalue weighted by Crippen LogP contribution is -1.92. The maximum absolute atomic E-state index is 10.3. The largest absolute Gasteiger partial charge is 0.504 e. The highest BCUT2D eigenvalue weighted by atomic mass is 16.7. The molecule has 0 saturated heterocycles. The topological polar surface area (TPSA) is 47.9 Å². The van der Waals surface area contributed by atoms with Crippen molar-refractivity contribution in [2.45, 2.75) is 6.42 Å². The van der Waals surface area contributed by atoms with E-state index in [4.69, 9.17) is 14.2 Å². The highest BCUT2D eigenvalue weighted by Crippen LogP contribution is 2.35. The number of rotatable bonds is 5. The fourth-order valence-electron chi connectivity index (χ4n) is 2.46. The quantitative estimate of drug-likeness (QED) is 0.669. The summed E-state index contributed by atoms with van der Waals surface area (Å²) >= 11 is 0. The minimum absolute atomic E-state index is 0.123. The number of hydrogen-bond donors (Lipinski definition) is 1. The number of hydrogen-bond acceptors (Lipinski definition) is 4. The molecule has 2 aromatic carbocycles. The molecule has 4 heteroatoms. The first kappa shape index (κ1) is 15.0. The number of benzene rings is 2. The lowest BCUT2D eigenvalue weighted by Gasteiger charge is -2.09. The summed E-state index contributed by atoms with van der Waals surface area (Å²) in [5.74, 6) is 2.06. The minimum atomic E-state index is 0.123. The SMILES string of the molecule is C=CCc1cc(/C=C/c2ccc3c(c2)OCO3)c(O)c(OC)c1. The van der Waals surface area contributed by atoms with Gasteiger partial charge < -0.3 is 19.3 Å². The molecule has 0 saturated carbocycles. The van der Waals surface area contributed by atoms with Crippen molar-refractivity contribution in [3.05, 3.63) is 59.7 Å². The highest BCUT2D eigenvalue weighted by molar-refractivity contribution is 5.75. The van der Waals surface area contributed by atoms with Gasteiger partial charge in [-0.05, 0) is 41.8 Å². The van der Waals surface area contributed by atoms with Crippen molar-refractivity contribution in [3.63, 3.8) is 0 Å². The van der Waals surface area contributed by atoms with Gasteiger partial charge in [-0.1, -0.05) is 24.3 Å².